The molecule has 0 aromatic carbocycles. The van der Waals surface area contributed by atoms with E-state index in [1.807, 2.05) is 0 Å². The Labute approximate surface area is 278 Å². The zero-order chi connectivity index (χ0) is 34.5. The minimum atomic E-state index is -1.30. The maximum Gasteiger partial charge on any atom is 0.310 e. The van der Waals surface area contributed by atoms with Crippen molar-refractivity contribution in [3.8, 4) is 0 Å². The van der Waals surface area contributed by atoms with Crippen molar-refractivity contribution in [1.29, 1.82) is 0 Å². The molecule has 47 heavy (non-hydrogen) atoms. The van der Waals surface area contributed by atoms with Gasteiger partial charge in [-0.3, -0.25) is 14.4 Å². The van der Waals surface area contributed by atoms with Crippen LogP contribution in [0.1, 0.15) is 113 Å². The Hall–Kier alpha value is -2.01. The molecule has 0 spiro atoms. The molecule has 10 heteroatoms. The predicted octanol–water partition coefficient (Wildman–Crippen LogP) is 5.33. The summed E-state index contributed by atoms with van der Waals surface area (Å²) in [5.74, 6) is -1.81. The molecule has 4 N–H and O–H groups in total. The molecule has 10 nitrogen and oxygen atoms in total. The van der Waals surface area contributed by atoms with Crippen LogP contribution in [0.3, 0.4) is 0 Å². The van der Waals surface area contributed by atoms with Gasteiger partial charge in [-0.2, -0.15) is 0 Å². The monoisotopic (exact) mass is 660 g/mol. The Balaban J connectivity index is 1.30. The van der Waals surface area contributed by atoms with E-state index in [9.17, 15) is 34.8 Å². The average molecular weight is 661 g/mol. The summed E-state index contributed by atoms with van der Waals surface area (Å²) >= 11 is 0. The lowest BCUT2D eigenvalue weighted by Gasteiger charge is -2.71. The minimum absolute atomic E-state index is 0.0245. The van der Waals surface area contributed by atoms with Gasteiger partial charge in [-0.25, -0.2) is 0 Å². The van der Waals surface area contributed by atoms with E-state index in [0.29, 0.717) is 37.5 Å². The van der Waals surface area contributed by atoms with Crippen LogP contribution in [0.15, 0.2) is 11.6 Å². The summed E-state index contributed by atoms with van der Waals surface area (Å²) in [5, 5.41) is 41.7. The highest BCUT2D eigenvalue weighted by molar-refractivity contribution is 5.79. The van der Waals surface area contributed by atoms with Gasteiger partial charge in [0.25, 0.3) is 0 Å². The summed E-state index contributed by atoms with van der Waals surface area (Å²) in [4.78, 5) is 37.3. The van der Waals surface area contributed by atoms with E-state index in [-0.39, 0.29) is 40.3 Å². The van der Waals surface area contributed by atoms with Crippen molar-refractivity contribution < 1.29 is 49.0 Å². The second-order valence-corrected chi connectivity index (χ2v) is 17.7. The second kappa shape index (κ2) is 11.3. The summed E-state index contributed by atoms with van der Waals surface area (Å²) in [6, 6.07) is 0. The lowest BCUT2D eigenvalue weighted by atomic mass is 9.33. The van der Waals surface area contributed by atoms with Crippen molar-refractivity contribution in [2.24, 2.45) is 50.2 Å². The van der Waals surface area contributed by atoms with Crippen LogP contribution in [0, 0.1) is 50.2 Å². The normalized spacial score (nSPS) is 50.4. The van der Waals surface area contributed by atoms with Gasteiger partial charge in [0.15, 0.2) is 12.4 Å². The van der Waals surface area contributed by atoms with Gasteiger partial charge < -0.3 is 34.6 Å². The van der Waals surface area contributed by atoms with Gasteiger partial charge in [0.2, 0.25) is 0 Å². The number of carboxylic acids is 2. The van der Waals surface area contributed by atoms with Crippen molar-refractivity contribution in [3.05, 3.63) is 11.6 Å². The highest BCUT2D eigenvalue weighted by Crippen LogP contribution is 2.76. The number of carbonyl (C=O) groups is 3. The Morgan fingerprint density at radius 1 is 0.872 bits per heavy atom. The third-order valence-corrected chi connectivity index (χ3v) is 15.3. The van der Waals surface area contributed by atoms with E-state index in [4.69, 9.17) is 14.2 Å². The molecule has 5 fully saturated rings. The van der Waals surface area contributed by atoms with Crippen molar-refractivity contribution in [2.45, 2.75) is 143 Å². The SMILES string of the molecule is CC(=O)O[C@H]1[C@H](O[C@@H]2CC[C@]3(C)[C@H](CC[C@]4(C)[C@@H]3CC=C3[C@H]5C[C@](C)(C(=O)O)CC[C@]5(C(=O)O)CC[C@]34C)C2(C)C)OC[C@@H](O)[C@@H]1O. The molecular weight excluding hydrogens is 604 g/mol. The first-order valence-electron chi connectivity index (χ1n) is 17.7. The molecular formula is C37H56O10. The first-order valence-corrected chi connectivity index (χ1v) is 17.7. The van der Waals surface area contributed by atoms with Crippen LogP contribution in [0.25, 0.3) is 0 Å². The van der Waals surface area contributed by atoms with Crippen LogP contribution in [0.5, 0.6) is 0 Å². The largest absolute Gasteiger partial charge is 0.481 e. The van der Waals surface area contributed by atoms with Gasteiger partial charge in [-0.15, -0.1) is 0 Å². The molecule has 1 heterocycles. The molecule has 5 aliphatic carbocycles. The van der Waals surface area contributed by atoms with Gasteiger partial charge >= 0.3 is 17.9 Å². The van der Waals surface area contributed by atoms with Crippen LogP contribution < -0.4 is 0 Å². The zero-order valence-corrected chi connectivity index (χ0v) is 29.2. The molecule has 0 aromatic heterocycles. The topological polar surface area (TPSA) is 160 Å². The number of ether oxygens (including phenoxy) is 3. The van der Waals surface area contributed by atoms with Gasteiger partial charge in [-0.1, -0.05) is 46.3 Å². The summed E-state index contributed by atoms with van der Waals surface area (Å²) in [7, 11) is 0. The molecule has 0 unspecified atom stereocenters. The van der Waals surface area contributed by atoms with Crippen molar-refractivity contribution in [1.82, 2.24) is 0 Å². The Bertz CT molecular complexity index is 1340. The fourth-order valence-corrected chi connectivity index (χ4v) is 12.2. The smallest absolute Gasteiger partial charge is 0.310 e. The number of carboxylic acid groups (broad SMARTS) is 2. The number of aliphatic carboxylic acids is 2. The van der Waals surface area contributed by atoms with Crippen LogP contribution in [-0.4, -0.2) is 75.6 Å². The number of hydrogen-bond donors (Lipinski definition) is 4. The number of fused-ring (bicyclic) bond motifs is 7. The Kier molecular flexibility index (Phi) is 8.34. The maximum absolute atomic E-state index is 13.0. The first-order chi connectivity index (χ1) is 21.8. The molecule has 1 aliphatic heterocycles. The zero-order valence-electron chi connectivity index (χ0n) is 29.2. The third-order valence-electron chi connectivity index (χ3n) is 15.3. The van der Waals surface area contributed by atoms with Crippen molar-refractivity contribution in [3.63, 3.8) is 0 Å². The molecule has 13 atom stereocenters. The maximum atomic E-state index is 13.0. The number of hydrogen-bond acceptors (Lipinski definition) is 8. The average Bonchev–Trinajstić information content (AvgIpc) is 2.98. The van der Waals surface area contributed by atoms with Gasteiger partial charge in [0.1, 0.15) is 12.2 Å². The number of esters is 1. The highest BCUT2D eigenvalue weighted by Gasteiger charge is 2.70. The molecule has 0 amide bonds. The van der Waals surface area contributed by atoms with Gasteiger partial charge in [0, 0.05) is 6.92 Å². The minimum Gasteiger partial charge on any atom is -0.481 e. The Morgan fingerprint density at radius 2 is 1.55 bits per heavy atom. The van der Waals surface area contributed by atoms with E-state index in [1.54, 1.807) is 6.92 Å². The lowest BCUT2D eigenvalue weighted by Crippen LogP contribution is -2.66. The standard InChI is InChI=1S/C37H56O10/c1-20(38)46-28-27(40)23(39)19-45-29(28)47-26-11-12-34(5)24(32(26,2)3)10-13-36(7)25(34)9-8-21-22-18-33(4,30(41)42)14-16-37(22,31(43)44)17-15-35(21,36)6/h8,22-29,39-40H,9-19H2,1-7H3,(H,41,42)(H,43,44)/t22-,23-,24-,25-,26-,27+,28-,29+,33-,34-,35-,36-,37+/m1/s1. The first kappa shape index (κ1) is 34.8. The number of aliphatic hydroxyl groups excluding tert-OH is 2. The number of carbonyl (C=O) groups excluding carboxylic acids is 1. The highest BCUT2D eigenvalue weighted by atomic mass is 16.7. The second-order valence-electron chi connectivity index (χ2n) is 17.7. The van der Waals surface area contributed by atoms with Crippen LogP contribution in [0.2, 0.25) is 0 Å². The third kappa shape index (κ3) is 4.89. The number of allylic oxidation sites excluding steroid dienone is 2. The number of aliphatic hydroxyl groups is 2. The molecule has 1 saturated heterocycles. The molecule has 0 radical (unpaired) electrons. The van der Waals surface area contributed by atoms with Gasteiger partial charge in [0.05, 0.1) is 23.5 Å². The van der Waals surface area contributed by atoms with E-state index in [1.165, 1.54) is 12.5 Å². The lowest BCUT2D eigenvalue weighted by molar-refractivity contribution is -0.310. The molecule has 0 aromatic rings. The number of rotatable bonds is 5. The van der Waals surface area contributed by atoms with E-state index >= 15 is 0 Å². The quantitative estimate of drug-likeness (QED) is 0.172. The molecule has 6 aliphatic rings. The predicted molar refractivity (Wildman–Crippen MR) is 171 cm³/mol. The molecule has 264 valence electrons. The summed E-state index contributed by atoms with van der Waals surface area (Å²) in [6.07, 6.45) is 4.54. The molecule has 4 saturated carbocycles. The van der Waals surface area contributed by atoms with E-state index in [2.05, 4.69) is 40.7 Å². The molecule has 0 bridgehead atoms. The van der Waals surface area contributed by atoms with Crippen molar-refractivity contribution >= 4 is 17.9 Å². The fourth-order valence-electron chi connectivity index (χ4n) is 12.2. The summed E-state index contributed by atoms with van der Waals surface area (Å²) in [6.45, 7) is 14.7. The van der Waals surface area contributed by atoms with Crippen LogP contribution in [-0.2, 0) is 28.6 Å². The molecule has 6 rings (SSSR count). The summed E-state index contributed by atoms with van der Waals surface area (Å²) < 4.78 is 17.8. The van der Waals surface area contributed by atoms with E-state index < -0.39 is 53.3 Å². The van der Waals surface area contributed by atoms with Gasteiger partial charge in [-0.05, 0) is 111 Å². The van der Waals surface area contributed by atoms with Crippen molar-refractivity contribution in [2.75, 3.05) is 6.61 Å². The van der Waals surface area contributed by atoms with Crippen LogP contribution in [0.4, 0.5) is 0 Å². The van der Waals surface area contributed by atoms with E-state index in [0.717, 1.165) is 38.5 Å². The summed E-state index contributed by atoms with van der Waals surface area (Å²) in [5.41, 5.74) is -1.26. The Morgan fingerprint density at radius 3 is 2.19 bits per heavy atom. The van der Waals surface area contributed by atoms with Crippen LogP contribution >= 0.6 is 0 Å². The fraction of sp³-hybridized carbons (Fsp3) is 0.865.